The van der Waals surface area contributed by atoms with Gasteiger partial charge < -0.3 is 15.2 Å². The van der Waals surface area contributed by atoms with E-state index in [2.05, 4.69) is 25.6 Å². The number of likely N-dealkylation sites (tertiary alicyclic amines) is 1. The van der Waals surface area contributed by atoms with Crippen LogP contribution in [-0.4, -0.2) is 49.0 Å². The molecule has 2 amide bonds. The van der Waals surface area contributed by atoms with Crippen LogP contribution in [0.4, 0.5) is 14.9 Å². The Hall–Kier alpha value is -4.08. The van der Waals surface area contributed by atoms with Crippen LogP contribution >= 0.6 is 0 Å². The maximum atomic E-state index is 13.2. The molecule has 2 aromatic heterocycles. The molecule has 0 saturated carbocycles. The van der Waals surface area contributed by atoms with Crippen LogP contribution in [0.2, 0.25) is 0 Å². The van der Waals surface area contributed by atoms with Gasteiger partial charge in [-0.05, 0) is 49.6 Å². The highest BCUT2D eigenvalue weighted by atomic mass is 19.1. The Morgan fingerprint density at radius 2 is 1.82 bits per heavy atom. The van der Waals surface area contributed by atoms with Crippen LogP contribution in [0.5, 0.6) is 0 Å². The van der Waals surface area contributed by atoms with Gasteiger partial charge in [0.05, 0.1) is 6.54 Å². The minimum atomic E-state index is -0.343. The second-order valence-electron chi connectivity index (χ2n) is 8.55. The molecule has 0 atom stereocenters. The molecule has 5 rings (SSSR count). The van der Waals surface area contributed by atoms with Crippen molar-refractivity contribution >= 4 is 22.9 Å². The number of hydrogen-bond donors (Lipinski definition) is 2. The quantitative estimate of drug-likeness (QED) is 0.484. The van der Waals surface area contributed by atoms with E-state index in [4.69, 9.17) is 0 Å². The first-order valence-corrected chi connectivity index (χ1v) is 11.2. The molecule has 2 N–H and O–H groups in total. The summed E-state index contributed by atoms with van der Waals surface area (Å²) in [6, 6.07) is 13.6. The molecule has 1 saturated heterocycles. The van der Waals surface area contributed by atoms with Crippen LogP contribution in [-0.2, 0) is 6.54 Å². The summed E-state index contributed by atoms with van der Waals surface area (Å²) in [5.74, 6) is 0.261. The largest absolute Gasteiger partial charge is 0.324 e. The number of fused-ring (bicyclic) bond motifs is 1. The highest BCUT2D eigenvalue weighted by molar-refractivity contribution is 5.89. The maximum absolute atomic E-state index is 13.2. The first-order chi connectivity index (χ1) is 16.5. The van der Waals surface area contributed by atoms with Gasteiger partial charge in [-0.25, -0.2) is 18.9 Å². The minimum absolute atomic E-state index is 0.00898. The first-order valence-electron chi connectivity index (χ1n) is 11.2. The number of aromatic nitrogens is 5. The lowest BCUT2D eigenvalue weighted by atomic mass is 9.96. The normalized spacial score (nSPS) is 14.5. The number of amides is 2. The van der Waals surface area contributed by atoms with E-state index in [9.17, 15) is 14.0 Å². The summed E-state index contributed by atoms with van der Waals surface area (Å²) >= 11 is 0. The second kappa shape index (κ2) is 9.05. The zero-order valence-electron chi connectivity index (χ0n) is 18.7. The number of H-pyrrole nitrogens is 1. The molecule has 4 aromatic rings. The summed E-state index contributed by atoms with van der Waals surface area (Å²) in [5.41, 5.74) is 2.93. The number of anilines is 1. The minimum Gasteiger partial charge on any atom is -0.324 e. The molecule has 1 aliphatic heterocycles. The van der Waals surface area contributed by atoms with Gasteiger partial charge in [0.25, 0.3) is 5.56 Å². The van der Waals surface area contributed by atoms with E-state index < -0.39 is 0 Å². The van der Waals surface area contributed by atoms with Crippen molar-refractivity contribution in [2.75, 3.05) is 18.4 Å². The first kappa shape index (κ1) is 21.7. The number of benzene rings is 2. The molecule has 0 radical (unpaired) electrons. The van der Waals surface area contributed by atoms with Crippen molar-refractivity contribution < 1.29 is 9.18 Å². The van der Waals surface area contributed by atoms with Gasteiger partial charge in [-0.1, -0.05) is 35.0 Å². The average molecular weight is 462 g/mol. The Balaban J connectivity index is 1.29. The van der Waals surface area contributed by atoms with Crippen molar-refractivity contribution in [3.8, 4) is 0 Å². The predicted molar refractivity (Wildman–Crippen MR) is 125 cm³/mol. The molecule has 10 heteroatoms. The van der Waals surface area contributed by atoms with Crippen LogP contribution < -0.4 is 10.9 Å². The topological polar surface area (TPSA) is 109 Å². The Labute approximate surface area is 194 Å². The molecule has 0 bridgehead atoms. The van der Waals surface area contributed by atoms with E-state index in [1.54, 1.807) is 21.7 Å². The second-order valence-corrected chi connectivity index (χ2v) is 8.55. The number of nitrogens with one attached hydrogen (secondary N) is 2. The third kappa shape index (κ3) is 4.52. The number of halogens is 1. The number of carbonyl (C=O) groups excluding carboxylic acids is 1. The molecule has 0 spiro atoms. The fourth-order valence-electron chi connectivity index (χ4n) is 4.14. The number of urea groups is 1. The summed E-state index contributed by atoms with van der Waals surface area (Å²) < 4.78 is 14.8. The Bertz CT molecular complexity index is 1370. The number of carbonyl (C=O) groups is 1. The van der Waals surface area contributed by atoms with Crippen LogP contribution in [0.1, 0.15) is 35.7 Å². The van der Waals surface area contributed by atoms with Gasteiger partial charge in [0.15, 0.2) is 11.2 Å². The van der Waals surface area contributed by atoms with Gasteiger partial charge in [0.2, 0.25) is 0 Å². The van der Waals surface area contributed by atoms with Crippen LogP contribution in [0.15, 0.2) is 53.3 Å². The molecule has 0 aliphatic carbocycles. The van der Waals surface area contributed by atoms with E-state index in [1.165, 1.54) is 12.1 Å². The van der Waals surface area contributed by atoms with Gasteiger partial charge >= 0.3 is 6.03 Å². The summed E-state index contributed by atoms with van der Waals surface area (Å²) in [4.78, 5) is 34.5. The molecule has 2 aromatic carbocycles. The van der Waals surface area contributed by atoms with Crippen LogP contribution in [0.3, 0.4) is 0 Å². The molecule has 3 heterocycles. The van der Waals surface area contributed by atoms with Crippen molar-refractivity contribution in [1.29, 1.82) is 0 Å². The fourth-order valence-corrected chi connectivity index (χ4v) is 4.14. The van der Waals surface area contributed by atoms with Gasteiger partial charge in [0.1, 0.15) is 11.6 Å². The van der Waals surface area contributed by atoms with Gasteiger partial charge in [-0.2, -0.15) is 0 Å². The van der Waals surface area contributed by atoms with E-state index in [1.807, 2.05) is 31.2 Å². The number of piperidine rings is 1. The van der Waals surface area contributed by atoms with E-state index in [0.29, 0.717) is 43.9 Å². The maximum Gasteiger partial charge on any atom is 0.321 e. The average Bonchev–Trinajstić information content (AvgIpc) is 3.25. The molecule has 0 unspecified atom stereocenters. The van der Waals surface area contributed by atoms with Crippen LogP contribution in [0, 0.1) is 12.7 Å². The number of rotatable bonds is 4. The van der Waals surface area contributed by atoms with Gasteiger partial charge in [-0.15, -0.1) is 5.10 Å². The monoisotopic (exact) mass is 461 g/mol. The van der Waals surface area contributed by atoms with E-state index in [-0.39, 0.29) is 28.8 Å². The highest BCUT2D eigenvalue weighted by Gasteiger charge is 2.26. The molecule has 1 aliphatic rings. The molecule has 1 fully saturated rings. The summed E-state index contributed by atoms with van der Waals surface area (Å²) in [5, 5.41) is 11.0. The third-order valence-electron chi connectivity index (χ3n) is 6.11. The zero-order valence-corrected chi connectivity index (χ0v) is 18.7. The molecule has 34 heavy (non-hydrogen) atoms. The van der Waals surface area contributed by atoms with Crippen LogP contribution in [0.25, 0.3) is 11.2 Å². The van der Waals surface area contributed by atoms with Gasteiger partial charge in [0, 0.05) is 24.7 Å². The highest BCUT2D eigenvalue weighted by Crippen LogP contribution is 2.26. The Kier molecular flexibility index (Phi) is 5.79. The predicted octanol–water partition coefficient (Wildman–Crippen LogP) is 3.42. The number of hydrogen-bond acceptors (Lipinski definition) is 5. The van der Waals surface area contributed by atoms with E-state index >= 15 is 0 Å². The molecule has 9 nitrogen and oxygen atoms in total. The standard InChI is InChI=1S/C24H24FN7O2/c1-15-2-8-19(9-3-15)26-24(34)31-12-10-17(11-13-31)21-27-22-20(23(33)28-21)29-30-32(22)14-16-4-6-18(25)7-5-16/h2-9,17H,10-14H2,1H3,(H,26,34)(H,27,28,33). The van der Waals surface area contributed by atoms with Crippen molar-refractivity contribution in [1.82, 2.24) is 29.9 Å². The van der Waals surface area contributed by atoms with Crippen molar-refractivity contribution in [2.24, 2.45) is 0 Å². The Morgan fingerprint density at radius 1 is 1.12 bits per heavy atom. The summed E-state index contributed by atoms with van der Waals surface area (Å²) in [6.07, 6.45) is 1.35. The Morgan fingerprint density at radius 3 is 2.53 bits per heavy atom. The van der Waals surface area contributed by atoms with E-state index in [0.717, 1.165) is 16.8 Å². The molecular formula is C24H24FN7O2. The van der Waals surface area contributed by atoms with Crippen molar-refractivity contribution in [3.63, 3.8) is 0 Å². The van der Waals surface area contributed by atoms with Crippen molar-refractivity contribution in [3.05, 3.63) is 81.7 Å². The smallest absolute Gasteiger partial charge is 0.321 e. The van der Waals surface area contributed by atoms with Gasteiger partial charge in [-0.3, -0.25) is 4.79 Å². The lowest BCUT2D eigenvalue weighted by molar-refractivity contribution is 0.193. The summed E-state index contributed by atoms with van der Waals surface area (Å²) in [7, 11) is 0. The third-order valence-corrected chi connectivity index (χ3v) is 6.11. The number of aromatic amines is 1. The lowest BCUT2D eigenvalue weighted by Gasteiger charge is -2.31. The SMILES string of the molecule is Cc1ccc(NC(=O)N2CCC(c3nc4c(nnn4Cc4ccc(F)cc4)c(=O)[nH]3)CC2)cc1. The zero-order chi connectivity index (χ0) is 23.7. The molecule has 174 valence electrons. The lowest BCUT2D eigenvalue weighted by Crippen LogP contribution is -2.41. The summed E-state index contributed by atoms with van der Waals surface area (Å²) in [6.45, 7) is 3.43. The molecular weight excluding hydrogens is 437 g/mol. The number of aryl methyl sites for hydroxylation is 1. The number of nitrogens with zero attached hydrogens (tertiary/aromatic N) is 5. The fraction of sp³-hybridized carbons (Fsp3) is 0.292. The van der Waals surface area contributed by atoms with Crippen molar-refractivity contribution in [2.45, 2.75) is 32.2 Å².